The lowest BCUT2D eigenvalue weighted by Gasteiger charge is -2.25. The van der Waals surface area contributed by atoms with Gasteiger partial charge in [0, 0.05) is 35.4 Å². The highest BCUT2D eigenvalue weighted by molar-refractivity contribution is 6.34. The van der Waals surface area contributed by atoms with Gasteiger partial charge in [0.05, 0.1) is 29.8 Å². The maximum Gasteiger partial charge on any atom is 0.416 e. The van der Waals surface area contributed by atoms with Gasteiger partial charge in [-0.15, -0.1) is 0 Å². The SMILES string of the molecule is CC[C@@H](Cn1c(=O)c(-c2cccc(OC)c2Cl)c(C)n(Cc2c(F)cccc2C(F)(F)F)c1=O)NC1CCCC1. The summed E-state index contributed by atoms with van der Waals surface area (Å²) < 4.78 is 63.6. The van der Waals surface area contributed by atoms with Crippen LogP contribution in [0.2, 0.25) is 5.02 Å². The number of ether oxygens (including phenoxy) is 1. The Morgan fingerprint density at radius 1 is 1.10 bits per heavy atom. The molecular formula is C29H32ClF4N3O3. The maximum absolute atomic E-state index is 14.9. The van der Waals surface area contributed by atoms with Crippen molar-refractivity contribution < 1.29 is 22.3 Å². The molecule has 4 rings (SSSR count). The zero-order chi connectivity index (χ0) is 29.2. The van der Waals surface area contributed by atoms with Crippen LogP contribution in [0, 0.1) is 12.7 Å². The van der Waals surface area contributed by atoms with E-state index in [2.05, 4.69) is 5.32 Å². The molecule has 1 atom stereocenters. The molecule has 0 unspecified atom stereocenters. The third-order valence-electron chi connectivity index (χ3n) is 7.60. The van der Waals surface area contributed by atoms with E-state index in [1.54, 1.807) is 18.2 Å². The van der Waals surface area contributed by atoms with Crippen LogP contribution < -0.4 is 21.3 Å². The fourth-order valence-electron chi connectivity index (χ4n) is 5.41. The highest BCUT2D eigenvalue weighted by Gasteiger charge is 2.35. The van der Waals surface area contributed by atoms with Crippen molar-refractivity contribution in [2.45, 2.75) is 77.3 Å². The number of rotatable bonds is 9. The van der Waals surface area contributed by atoms with Crippen LogP contribution in [0.5, 0.6) is 5.75 Å². The fourth-order valence-corrected chi connectivity index (χ4v) is 5.71. The van der Waals surface area contributed by atoms with E-state index in [1.165, 1.54) is 14.0 Å². The summed E-state index contributed by atoms with van der Waals surface area (Å²) in [6.07, 6.45) is -0.0800. The van der Waals surface area contributed by atoms with Gasteiger partial charge in [0.25, 0.3) is 5.56 Å². The summed E-state index contributed by atoms with van der Waals surface area (Å²) in [5, 5.41) is 3.63. The first-order valence-corrected chi connectivity index (χ1v) is 13.6. The van der Waals surface area contributed by atoms with Gasteiger partial charge < -0.3 is 10.1 Å². The van der Waals surface area contributed by atoms with E-state index < -0.39 is 40.9 Å². The first-order valence-electron chi connectivity index (χ1n) is 13.3. The summed E-state index contributed by atoms with van der Waals surface area (Å²) in [6.45, 7) is 2.64. The van der Waals surface area contributed by atoms with Crippen LogP contribution in [-0.4, -0.2) is 28.3 Å². The second-order valence-electron chi connectivity index (χ2n) is 10.1. The van der Waals surface area contributed by atoms with Gasteiger partial charge in [-0.1, -0.05) is 49.6 Å². The lowest BCUT2D eigenvalue weighted by molar-refractivity contribution is -0.138. The minimum atomic E-state index is -4.85. The number of benzene rings is 2. The molecule has 6 nitrogen and oxygen atoms in total. The van der Waals surface area contributed by atoms with Crippen molar-refractivity contribution in [1.29, 1.82) is 0 Å². The standard InChI is InChI=1S/C29H32ClF4N3O3/c1-4-18(35-19-9-5-6-10-19)15-37-27(38)25(20-11-7-14-24(40-3)26(20)30)17(2)36(28(37)39)16-21-22(29(32,33)34)12-8-13-23(21)31/h7-8,11-14,18-19,35H,4-6,9-10,15-16H2,1-3H3/t18-/m0/s1. The Hall–Kier alpha value is -3.11. The molecule has 0 radical (unpaired) electrons. The number of hydrogen-bond donors (Lipinski definition) is 1. The van der Waals surface area contributed by atoms with E-state index in [9.17, 15) is 27.2 Å². The molecule has 40 heavy (non-hydrogen) atoms. The van der Waals surface area contributed by atoms with E-state index in [-0.39, 0.29) is 46.2 Å². The van der Waals surface area contributed by atoms with Crippen LogP contribution in [-0.2, 0) is 19.3 Å². The number of methoxy groups -OCH3 is 1. The van der Waals surface area contributed by atoms with Crippen molar-refractivity contribution in [3.63, 3.8) is 0 Å². The Kier molecular flexibility index (Phi) is 9.09. The summed E-state index contributed by atoms with van der Waals surface area (Å²) in [6, 6.07) is 7.47. The van der Waals surface area contributed by atoms with Gasteiger partial charge in [-0.25, -0.2) is 9.18 Å². The van der Waals surface area contributed by atoms with Crippen LogP contribution in [0.4, 0.5) is 17.6 Å². The van der Waals surface area contributed by atoms with Crippen LogP contribution in [0.1, 0.15) is 55.8 Å². The number of hydrogen-bond acceptors (Lipinski definition) is 4. The van der Waals surface area contributed by atoms with E-state index >= 15 is 0 Å². The van der Waals surface area contributed by atoms with Crippen molar-refractivity contribution in [2.24, 2.45) is 0 Å². The molecule has 1 aromatic heterocycles. The fraction of sp³-hybridized carbons (Fsp3) is 0.448. The van der Waals surface area contributed by atoms with Gasteiger partial charge in [0.1, 0.15) is 11.6 Å². The molecule has 1 aliphatic carbocycles. The topological polar surface area (TPSA) is 65.3 Å². The van der Waals surface area contributed by atoms with Crippen LogP contribution in [0.15, 0.2) is 46.0 Å². The van der Waals surface area contributed by atoms with Crippen LogP contribution in [0.3, 0.4) is 0 Å². The Labute approximate surface area is 234 Å². The molecule has 0 amide bonds. The van der Waals surface area contributed by atoms with Gasteiger partial charge in [-0.05, 0) is 44.4 Å². The minimum Gasteiger partial charge on any atom is -0.495 e. The Balaban J connectivity index is 1.94. The Bertz CT molecular complexity index is 1490. The van der Waals surface area contributed by atoms with Crippen molar-refractivity contribution in [1.82, 2.24) is 14.5 Å². The summed E-state index contributed by atoms with van der Waals surface area (Å²) in [5.74, 6) is -0.820. The van der Waals surface area contributed by atoms with Crippen molar-refractivity contribution >= 4 is 11.6 Å². The average Bonchev–Trinajstić information content (AvgIpc) is 3.42. The molecule has 0 aliphatic heterocycles. The van der Waals surface area contributed by atoms with Gasteiger partial charge in [0.15, 0.2) is 0 Å². The summed E-state index contributed by atoms with van der Waals surface area (Å²) in [5.41, 5.74) is -2.99. The van der Waals surface area contributed by atoms with Crippen molar-refractivity contribution in [2.75, 3.05) is 7.11 Å². The number of halogens is 5. The normalized spacial score (nSPS) is 15.0. The molecule has 1 N–H and O–H groups in total. The third-order valence-corrected chi connectivity index (χ3v) is 7.99. The average molecular weight is 582 g/mol. The predicted octanol–water partition coefficient (Wildman–Crippen LogP) is 6.16. The lowest BCUT2D eigenvalue weighted by Crippen LogP contribution is -2.48. The zero-order valence-electron chi connectivity index (χ0n) is 22.6. The molecule has 0 bridgehead atoms. The smallest absolute Gasteiger partial charge is 0.416 e. The molecule has 1 aliphatic rings. The first kappa shape index (κ1) is 29.9. The number of aromatic nitrogens is 2. The number of nitrogens with zero attached hydrogens (tertiary/aromatic N) is 2. The summed E-state index contributed by atoms with van der Waals surface area (Å²) >= 11 is 6.57. The van der Waals surface area contributed by atoms with E-state index in [0.29, 0.717) is 6.42 Å². The van der Waals surface area contributed by atoms with Crippen molar-refractivity contribution in [3.8, 4) is 16.9 Å². The first-order chi connectivity index (χ1) is 19.0. The Morgan fingerprint density at radius 3 is 2.40 bits per heavy atom. The minimum absolute atomic E-state index is 0.0110. The zero-order valence-corrected chi connectivity index (χ0v) is 23.3. The highest BCUT2D eigenvalue weighted by Crippen LogP contribution is 2.36. The number of nitrogens with one attached hydrogen (secondary N) is 1. The van der Waals surface area contributed by atoms with Crippen LogP contribution >= 0.6 is 11.6 Å². The van der Waals surface area contributed by atoms with Gasteiger partial charge in [-0.2, -0.15) is 13.2 Å². The van der Waals surface area contributed by atoms with E-state index in [0.717, 1.165) is 53.0 Å². The summed E-state index contributed by atoms with van der Waals surface area (Å²) in [4.78, 5) is 27.7. The lowest BCUT2D eigenvalue weighted by atomic mass is 10.0. The third kappa shape index (κ3) is 5.98. The highest BCUT2D eigenvalue weighted by atomic mass is 35.5. The van der Waals surface area contributed by atoms with Crippen LogP contribution in [0.25, 0.3) is 11.1 Å². The molecule has 1 saturated carbocycles. The second kappa shape index (κ2) is 12.2. The maximum atomic E-state index is 14.9. The molecular weight excluding hydrogens is 550 g/mol. The quantitative estimate of drug-likeness (QED) is 0.307. The Morgan fingerprint density at radius 2 is 1.77 bits per heavy atom. The monoisotopic (exact) mass is 581 g/mol. The summed E-state index contributed by atoms with van der Waals surface area (Å²) in [7, 11) is 1.41. The van der Waals surface area contributed by atoms with E-state index in [1.807, 2.05) is 6.92 Å². The van der Waals surface area contributed by atoms with Crippen molar-refractivity contribution in [3.05, 3.63) is 84.9 Å². The van der Waals surface area contributed by atoms with Gasteiger partial charge in [0.2, 0.25) is 0 Å². The molecule has 216 valence electrons. The molecule has 0 spiro atoms. The molecule has 3 aromatic rings. The molecule has 0 saturated heterocycles. The molecule has 1 heterocycles. The van der Waals surface area contributed by atoms with Gasteiger partial charge >= 0.3 is 11.9 Å². The van der Waals surface area contributed by atoms with E-state index in [4.69, 9.17) is 16.3 Å². The predicted molar refractivity (Wildman–Crippen MR) is 147 cm³/mol. The molecule has 11 heteroatoms. The number of alkyl halides is 3. The van der Waals surface area contributed by atoms with Gasteiger partial charge in [-0.3, -0.25) is 13.9 Å². The largest absolute Gasteiger partial charge is 0.495 e. The second-order valence-corrected chi connectivity index (χ2v) is 10.5. The molecule has 2 aromatic carbocycles. The molecule has 1 fully saturated rings.